The Morgan fingerprint density at radius 1 is 1.23 bits per heavy atom. The lowest BCUT2D eigenvalue weighted by Gasteiger charge is -2.31. The lowest BCUT2D eigenvalue weighted by atomic mass is 9.95. The van der Waals surface area contributed by atoms with E-state index in [1.165, 1.54) is 11.3 Å². The van der Waals surface area contributed by atoms with Crippen molar-refractivity contribution in [3.05, 3.63) is 64.3 Å². The lowest BCUT2D eigenvalue weighted by molar-refractivity contribution is -0.133. The fraction of sp³-hybridized carbons (Fsp3) is 0.304. The minimum Gasteiger partial charge on any atom is -0.342 e. The topological polar surface area (TPSA) is 75.2 Å². The predicted octanol–water partition coefficient (Wildman–Crippen LogP) is 4.59. The molecule has 1 aromatic carbocycles. The molecule has 1 saturated heterocycles. The molecule has 4 rings (SSSR count). The molecule has 0 spiro atoms. The molecule has 3 heterocycles. The van der Waals surface area contributed by atoms with Crippen molar-refractivity contribution in [3.8, 4) is 10.6 Å². The van der Waals surface area contributed by atoms with Crippen LogP contribution in [0.25, 0.3) is 10.6 Å². The molecule has 0 saturated carbocycles. The number of halogens is 1. The summed E-state index contributed by atoms with van der Waals surface area (Å²) in [7, 11) is 0. The zero-order chi connectivity index (χ0) is 21.8. The second-order valence-corrected chi connectivity index (χ2v) is 8.93. The summed E-state index contributed by atoms with van der Waals surface area (Å²) in [5.41, 5.74) is 2.67. The van der Waals surface area contributed by atoms with Crippen LogP contribution in [-0.2, 0) is 16.0 Å². The van der Waals surface area contributed by atoms with Gasteiger partial charge < -0.3 is 10.2 Å². The van der Waals surface area contributed by atoms with E-state index in [0.717, 1.165) is 21.8 Å². The Bertz CT molecular complexity index is 1090. The van der Waals surface area contributed by atoms with Gasteiger partial charge >= 0.3 is 0 Å². The molecule has 2 amide bonds. The van der Waals surface area contributed by atoms with Crippen LogP contribution in [0.4, 0.5) is 5.82 Å². The molecule has 0 radical (unpaired) electrons. The van der Waals surface area contributed by atoms with Gasteiger partial charge in [-0.2, -0.15) is 0 Å². The van der Waals surface area contributed by atoms with Gasteiger partial charge in [0.25, 0.3) is 0 Å². The van der Waals surface area contributed by atoms with E-state index in [0.29, 0.717) is 36.8 Å². The van der Waals surface area contributed by atoms with Crippen molar-refractivity contribution in [1.82, 2.24) is 14.9 Å². The molecular formula is C23H23ClN4O2S. The number of nitrogens with zero attached hydrogens (tertiary/aromatic N) is 3. The number of thiazole rings is 1. The molecule has 0 bridgehead atoms. The number of piperidine rings is 1. The third kappa shape index (κ3) is 5.29. The highest BCUT2D eigenvalue weighted by Crippen LogP contribution is 2.30. The number of rotatable bonds is 5. The highest BCUT2D eigenvalue weighted by Gasteiger charge is 2.28. The summed E-state index contributed by atoms with van der Waals surface area (Å²) in [5, 5.41) is 6.26. The zero-order valence-corrected chi connectivity index (χ0v) is 18.7. The van der Waals surface area contributed by atoms with Gasteiger partial charge in [0.15, 0.2) is 0 Å². The third-order valence-corrected chi connectivity index (χ3v) is 6.63. The smallest absolute Gasteiger partial charge is 0.228 e. The molecule has 1 N–H and O–H groups in total. The minimum absolute atomic E-state index is 0.0333. The van der Waals surface area contributed by atoms with Crippen LogP contribution in [0.1, 0.15) is 24.1 Å². The summed E-state index contributed by atoms with van der Waals surface area (Å²) < 4.78 is 0. The molecule has 3 aromatic rings. The van der Waals surface area contributed by atoms with Crippen molar-refractivity contribution < 1.29 is 9.59 Å². The van der Waals surface area contributed by atoms with Crippen molar-refractivity contribution in [2.75, 3.05) is 18.4 Å². The number of hydrogen-bond acceptors (Lipinski definition) is 5. The van der Waals surface area contributed by atoms with E-state index in [1.807, 2.05) is 53.6 Å². The molecule has 8 heteroatoms. The van der Waals surface area contributed by atoms with Gasteiger partial charge in [-0.05, 0) is 43.5 Å². The SMILES string of the molecule is Cc1ccnc(NC(=O)C2CCN(C(=O)Cc3csc(-c4ccccc4Cl)n3)CC2)c1. The van der Waals surface area contributed by atoms with E-state index in [2.05, 4.69) is 15.3 Å². The predicted molar refractivity (Wildman–Crippen MR) is 123 cm³/mol. The number of carbonyl (C=O) groups excluding carboxylic acids is 2. The zero-order valence-electron chi connectivity index (χ0n) is 17.2. The summed E-state index contributed by atoms with van der Waals surface area (Å²) in [5.74, 6) is 0.461. The van der Waals surface area contributed by atoms with E-state index in [-0.39, 0.29) is 24.2 Å². The van der Waals surface area contributed by atoms with E-state index in [4.69, 9.17) is 11.6 Å². The maximum absolute atomic E-state index is 12.7. The van der Waals surface area contributed by atoms with Gasteiger partial charge in [-0.1, -0.05) is 29.8 Å². The van der Waals surface area contributed by atoms with E-state index < -0.39 is 0 Å². The molecule has 1 aliphatic heterocycles. The van der Waals surface area contributed by atoms with Crippen molar-refractivity contribution in [2.24, 2.45) is 5.92 Å². The molecule has 0 aliphatic carbocycles. The number of amides is 2. The highest BCUT2D eigenvalue weighted by atomic mass is 35.5. The maximum atomic E-state index is 12.7. The molecule has 6 nitrogen and oxygen atoms in total. The van der Waals surface area contributed by atoms with Gasteiger partial charge in [0.05, 0.1) is 17.1 Å². The van der Waals surface area contributed by atoms with Crippen LogP contribution >= 0.6 is 22.9 Å². The van der Waals surface area contributed by atoms with Crippen LogP contribution in [0.5, 0.6) is 0 Å². The Kier molecular flexibility index (Phi) is 6.63. The van der Waals surface area contributed by atoms with Gasteiger partial charge in [-0.15, -0.1) is 11.3 Å². The van der Waals surface area contributed by atoms with E-state index >= 15 is 0 Å². The van der Waals surface area contributed by atoms with Crippen molar-refractivity contribution in [3.63, 3.8) is 0 Å². The fourth-order valence-electron chi connectivity index (χ4n) is 3.64. The number of anilines is 1. The molecule has 2 aromatic heterocycles. The molecule has 0 unspecified atom stereocenters. The molecule has 31 heavy (non-hydrogen) atoms. The van der Waals surface area contributed by atoms with Crippen LogP contribution < -0.4 is 5.32 Å². The molecular weight excluding hydrogens is 432 g/mol. The molecule has 1 aliphatic rings. The lowest BCUT2D eigenvalue weighted by Crippen LogP contribution is -2.42. The van der Waals surface area contributed by atoms with Crippen molar-refractivity contribution in [1.29, 1.82) is 0 Å². The minimum atomic E-state index is -0.113. The maximum Gasteiger partial charge on any atom is 0.228 e. The number of hydrogen-bond donors (Lipinski definition) is 1. The van der Waals surface area contributed by atoms with Crippen LogP contribution in [0, 0.1) is 12.8 Å². The quantitative estimate of drug-likeness (QED) is 0.612. The number of aryl methyl sites for hydroxylation is 1. The molecule has 0 atom stereocenters. The highest BCUT2D eigenvalue weighted by molar-refractivity contribution is 7.13. The second kappa shape index (κ2) is 9.58. The fourth-order valence-corrected chi connectivity index (χ4v) is 4.78. The summed E-state index contributed by atoms with van der Waals surface area (Å²) >= 11 is 7.73. The van der Waals surface area contributed by atoms with Gasteiger partial charge in [0, 0.05) is 36.1 Å². The Morgan fingerprint density at radius 3 is 2.74 bits per heavy atom. The Labute approximate surface area is 190 Å². The number of nitrogens with one attached hydrogen (secondary N) is 1. The van der Waals surface area contributed by atoms with Gasteiger partial charge in [0.2, 0.25) is 11.8 Å². The summed E-state index contributed by atoms with van der Waals surface area (Å²) in [4.78, 5) is 35.9. The Hall–Kier alpha value is -2.77. The number of pyridine rings is 1. The summed E-state index contributed by atoms with van der Waals surface area (Å²) in [6.07, 6.45) is 3.23. The summed E-state index contributed by atoms with van der Waals surface area (Å²) in [6.45, 7) is 3.10. The molecule has 1 fully saturated rings. The van der Waals surface area contributed by atoms with E-state index in [1.54, 1.807) is 6.20 Å². The van der Waals surface area contributed by atoms with Crippen LogP contribution in [0.15, 0.2) is 48.0 Å². The first-order chi connectivity index (χ1) is 15.0. The Morgan fingerprint density at radius 2 is 2.00 bits per heavy atom. The van der Waals surface area contributed by atoms with Crippen LogP contribution in [0.3, 0.4) is 0 Å². The average molecular weight is 455 g/mol. The first-order valence-electron chi connectivity index (χ1n) is 10.2. The monoisotopic (exact) mass is 454 g/mol. The third-order valence-electron chi connectivity index (χ3n) is 5.37. The number of likely N-dealkylation sites (tertiary alicyclic amines) is 1. The van der Waals surface area contributed by atoms with E-state index in [9.17, 15) is 9.59 Å². The van der Waals surface area contributed by atoms with Crippen molar-refractivity contribution in [2.45, 2.75) is 26.2 Å². The first kappa shape index (κ1) is 21.5. The average Bonchev–Trinajstić information content (AvgIpc) is 3.22. The number of benzene rings is 1. The number of aromatic nitrogens is 2. The van der Waals surface area contributed by atoms with Gasteiger partial charge in [0.1, 0.15) is 10.8 Å². The van der Waals surface area contributed by atoms with Gasteiger partial charge in [-0.25, -0.2) is 9.97 Å². The Balaban J connectivity index is 1.30. The van der Waals surface area contributed by atoms with Crippen LogP contribution in [0.2, 0.25) is 5.02 Å². The van der Waals surface area contributed by atoms with Crippen LogP contribution in [-0.4, -0.2) is 39.8 Å². The summed E-state index contributed by atoms with van der Waals surface area (Å²) in [6, 6.07) is 11.3. The standard InChI is InChI=1S/C23H23ClN4O2S/c1-15-6-9-25-20(12-15)27-22(30)16-7-10-28(11-8-16)21(29)13-17-14-31-23(26-17)18-4-2-3-5-19(18)24/h2-6,9,12,14,16H,7-8,10-11,13H2,1H3,(H,25,27,30). The number of carbonyl (C=O) groups is 2. The van der Waals surface area contributed by atoms with Crippen molar-refractivity contribution >= 4 is 40.6 Å². The van der Waals surface area contributed by atoms with Gasteiger partial charge in [-0.3, -0.25) is 9.59 Å². The normalized spacial score (nSPS) is 14.5. The largest absolute Gasteiger partial charge is 0.342 e. The first-order valence-corrected chi connectivity index (χ1v) is 11.5. The molecule has 160 valence electrons. The second-order valence-electron chi connectivity index (χ2n) is 7.66.